The van der Waals surface area contributed by atoms with Crippen LogP contribution in [0.5, 0.6) is 0 Å². The van der Waals surface area contributed by atoms with Gasteiger partial charge in [0, 0.05) is 0 Å². The zero-order valence-corrected chi connectivity index (χ0v) is 17.5. The van der Waals surface area contributed by atoms with Gasteiger partial charge >= 0.3 is 47.1 Å². The Balaban J connectivity index is 0. The third kappa shape index (κ3) is 18.2. The second-order valence-electron chi connectivity index (χ2n) is 0. The Labute approximate surface area is 116 Å². The summed E-state index contributed by atoms with van der Waals surface area (Å²) in [6, 6.07) is 0. The molecule has 0 bridgehead atoms. The number of rotatable bonds is 0. The predicted molar refractivity (Wildman–Crippen MR) is 0 cm³/mol. The van der Waals surface area contributed by atoms with Crippen LogP contribution in [0.25, 0.3) is 0 Å². The summed E-state index contributed by atoms with van der Waals surface area (Å²) >= 11 is 0. The summed E-state index contributed by atoms with van der Waals surface area (Å²) < 4.78 is 0. The maximum Gasteiger partial charge on any atom is 2.00 e. The fourth-order valence-electron chi connectivity index (χ4n) is 0. The quantitative estimate of drug-likeness (QED) is 0.182. The average Bonchev–Trinajstić information content (AvgIpc) is 0. The minimum Gasteiger partial charge on any atom is -1.00 e. The van der Waals surface area contributed by atoms with Crippen LogP contribution in [-0.4, -0.2) is 0 Å². The maximum atomic E-state index is 0. The number of hydrogen-bond acceptors (Lipinski definition) is 0. The Bertz CT molecular complexity index is 6.85. The molecule has 0 heterocycles. The van der Waals surface area contributed by atoms with Crippen molar-refractivity contribution in [1.29, 1.82) is 0 Å². The molecule has 0 aromatic heterocycles. The van der Waals surface area contributed by atoms with Gasteiger partial charge in [-0.25, -0.2) is 0 Å². The van der Waals surface area contributed by atoms with Crippen molar-refractivity contribution in [2.75, 3.05) is 0 Å². The van der Waals surface area contributed by atoms with Gasteiger partial charge in [0.25, 0.3) is 0 Å². The molecule has 0 amide bonds. The molecule has 0 atom stereocenters. The molecule has 0 aromatic carbocycles. The van der Waals surface area contributed by atoms with Crippen molar-refractivity contribution in [2.24, 2.45) is 0 Å². The van der Waals surface area contributed by atoms with Crippen molar-refractivity contribution < 1.29 is 119 Å². The van der Waals surface area contributed by atoms with Gasteiger partial charge in [-0.1, -0.05) is 0 Å². The van der Waals surface area contributed by atoms with Gasteiger partial charge in [0.05, 0.1) is 0 Å². The van der Waals surface area contributed by atoms with Crippen molar-refractivity contribution in [2.45, 2.75) is 0 Å². The molecule has 0 unspecified atom stereocenters. The Morgan fingerprint density at radius 3 is 0.600 bits per heavy atom. The van der Waals surface area contributed by atoms with E-state index in [1.807, 2.05) is 0 Å². The van der Waals surface area contributed by atoms with Gasteiger partial charge in [-0.3, -0.25) is 0 Å². The van der Waals surface area contributed by atoms with Gasteiger partial charge in [0.2, 0.25) is 0 Å². The van der Waals surface area contributed by atoms with Crippen LogP contribution in [0.4, 0.5) is 0 Å². The topological polar surface area (TPSA) is 0 Å². The zero-order chi connectivity index (χ0) is 0. The molecule has 5 heavy (non-hydrogen) atoms. The van der Waals surface area contributed by atoms with E-state index in [1.54, 1.807) is 0 Å². The van der Waals surface area contributed by atoms with E-state index in [2.05, 4.69) is 0 Å². The molecule has 0 nitrogen and oxygen atoms in total. The van der Waals surface area contributed by atoms with E-state index in [4.69, 9.17) is 0 Å². The molecule has 0 spiro atoms. The van der Waals surface area contributed by atoms with E-state index >= 15 is 0 Å². The number of hydrogen-bond donors (Lipinski definition) is 0. The third-order valence-electron chi connectivity index (χ3n) is 0. The first-order valence-corrected chi connectivity index (χ1v) is 0. The van der Waals surface area contributed by atoms with Gasteiger partial charge in [-0.05, 0) is 0 Å². The molecule has 0 saturated carbocycles. The van der Waals surface area contributed by atoms with Crippen LogP contribution in [0.3, 0.4) is 0 Å². The summed E-state index contributed by atoms with van der Waals surface area (Å²) in [4.78, 5) is 0. The summed E-state index contributed by atoms with van der Waals surface area (Å²) in [5, 5.41) is 0. The first kappa shape index (κ1) is 37.4. The van der Waals surface area contributed by atoms with E-state index < -0.39 is 0 Å². The Morgan fingerprint density at radius 1 is 0.600 bits per heavy atom. The smallest absolute Gasteiger partial charge is 1.00 e. The van der Waals surface area contributed by atoms with Crippen molar-refractivity contribution >= 4 is 0 Å². The monoisotopic (exact) mass is 647 g/mol. The van der Waals surface area contributed by atoms with Gasteiger partial charge in [0.15, 0.2) is 0 Å². The molecule has 0 aromatic rings. The minimum atomic E-state index is 0. The minimum absolute atomic E-state index is 0. The van der Waals surface area contributed by atoms with Crippen LogP contribution >= 0.6 is 0 Å². The molecule has 0 rings (SSSR count). The second-order valence-corrected chi connectivity index (χ2v) is 0. The largest absolute Gasteiger partial charge is 2.00 e. The molecule has 0 N–H and O–H groups in total. The van der Waals surface area contributed by atoms with Crippen molar-refractivity contribution in [3.8, 4) is 0 Å². The normalized spacial score (nSPS) is 0. The summed E-state index contributed by atoms with van der Waals surface area (Å²) in [5.74, 6) is 0. The molecule has 1 radical (unpaired) electrons. The first-order chi connectivity index (χ1) is 0. The van der Waals surface area contributed by atoms with E-state index in [-0.39, 0.29) is 119 Å². The average molecular weight is 647 g/mol. The van der Waals surface area contributed by atoms with E-state index in [0.29, 0.717) is 0 Å². The molecule has 0 aliphatic rings. The van der Waals surface area contributed by atoms with Crippen LogP contribution < -0.4 is 71.9 Å². The van der Waals surface area contributed by atoms with Gasteiger partial charge in [0.1, 0.15) is 0 Å². The van der Waals surface area contributed by atoms with E-state index in [0.717, 1.165) is 0 Å². The van der Waals surface area contributed by atoms with Gasteiger partial charge < -0.3 is 71.9 Å². The third-order valence-corrected chi connectivity index (χ3v) is 0. The van der Waals surface area contributed by atoms with Crippen molar-refractivity contribution in [1.82, 2.24) is 0 Å². The summed E-state index contributed by atoms with van der Waals surface area (Å²) in [7, 11) is 0. The summed E-state index contributed by atoms with van der Waals surface area (Å²) in [6.07, 6.45) is 0. The Kier molecular flexibility index (Phi) is 188. The summed E-state index contributed by atoms with van der Waals surface area (Å²) in [5.41, 5.74) is 0. The van der Waals surface area contributed by atoms with E-state index in [1.165, 1.54) is 0 Å². The SMILES string of the molecule is [Hg+].[I-].[I-].[I-].[Zn+2]. The second kappa shape index (κ2) is 25.1. The fourth-order valence-corrected chi connectivity index (χ4v) is 0. The molecule has 5 heteroatoms. The molecule has 0 saturated heterocycles. The molecular weight excluding hydrogens is 647 g/mol. The van der Waals surface area contributed by atoms with Crippen LogP contribution in [0.1, 0.15) is 0 Å². The van der Waals surface area contributed by atoms with Crippen LogP contribution in [0.15, 0.2) is 0 Å². The van der Waals surface area contributed by atoms with Crippen molar-refractivity contribution in [3.05, 3.63) is 0 Å². The fraction of sp³-hybridized carbons (Fsp3) is 0. The van der Waals surface area contributed by atoms with Gasteiger partial charge in [-0.15, -0.1) is 0 Å². The van der Waals surface area contributed by atoms with E-state index in [9.17, 15) is 0 Å². The summed E-state index contributed by atoms with van der Waals surface area (Å²) in [6.45, 7) is 0. The molecule has 25 valence electrons. The molecular formula is HgI3Zn. The predicted octanol–water partition coefficient (Wildman–Crippen LogP) is -8.99. The molecule has 0 aliphatic carbocycles. The zero-order valence-electron chi connectivity index (χ0n) is 2.55. The van der Waals surface area contributed by atoms with Gasteiger partial charge in [-0.2, -0.15) is 0 Å². The molecule has 0 fully saturated rings. The number of halogens is 3. The maximum absolute atomic E-state index is 0. The van der Waals surface area contributed by atoms with Crippen LogP contribution in [0.2, 0.25) is 0 Å². The first-order valence-electron chi connectivity index (χ1n) is 0. The van der Waals surface area contributed by atoms with Crippen LogP contribution in [0, 0.1) is 0 Å². The Hall–Kier alpha value is 3.75. The Morgan fingerprint density at radius 2 is 0.600 bits per heavy atom. The standard InChI is InChI=1S/Hg.3HI.Zn/h;3*1H;/q+1;;;;+2/p-3. The molecule has 0 aliphatic heterocycles. The van der Waals surface area contributed by atoms with Crippen LogP contribution in [-0.2, 0) is 47.1 Å². The van der Waals surface area contributed by atoms with Crippen molar-refractivity contribution in [3.63, 3.8) is 0 Å².